The number of nitrogens with zero attached hydrogens (tertiary/aromatic N) is 2. The molecule has 0 saturated heterocycles. The van der Waals surface area contributed by atoms with Gasteiger partial charge in [0.05, 0.1) is 5.69 Å². The summed E-state index contributed by atoms with van der Waals surface area (Å²) in [6.07, 6.45) is 8.28. The number of aromatic nitrogens is 2. The van der Waals surface area contributed by atoms with Crippen LogP contribution in [0.2, 0.25) is 0 Å². The van der Waals surface area contributed by atoms with Crippen molar-refractivity contribution in [2.24, 2.45) is 0 Å². The molecule has 1 aromatic heterocycles. The molecule has 3 heteroatoms. The van der Waals surface area contributed by atoms with Gasteiger partial charge in [-0.3, -0.25) is 0 Å². The largest absolute Gasteiger partial charge is 0.313 e. The lowest BCUT2D eigenvalue weighted by Crippen LogP contribution is -2.17. The summed E-state index contributed by atoms with van der Waals surface area (Å²) in [6, 6.07) is 10.4. The van der Waals surface area contributed by atoms with Gasteiger partial charge in [0.25, 0.3) is 0 Å². The first-order valence-electron chi connectivity index (χ1n) is 7.33. The molecule has 0 amide bonds. The van der Waals surface area contributed by atoms with E-state index in [0.717, 1.165) is 25.2 Å². The monoisotopic (exact) mass is 269 g/mol. The van der Waals surface area contributed by atoms with E-state index in [4.69, 9.17) is 0 Å². The molecule has 0 bridgehead atoms. The molecule has 1 N–H and O–H groups in total. The Bertz CT molecular complexity index is 524. The first kappa shape index (κ1) is 14.5. The average molecular weight is 269 g/mol. The van der Waals surface area contributed by atoms with Gasteiger partial charge >= 0.3 is 0 Å². The Morgan fingerprint density at radius 3 is 2.65 bits per heavy atom. The van der Waals surface area contributed by atoms with Crippen LogP contribution in [-0.2, 0) is 0 Å². The summed E-state index contributed by atoms with van der Waals surface area (Å²) in [5.74, 6) is 0. The lowest BCUT2D eigenvalue weighted by molar-refractivity contribution is 0.706. The van der Waals surface area contributed by atoms with E-state index in [2.05, 4.69) is 54.6 Å². The third-order valence-corrected chi connectivity index (χ3v) is 3.27. The second-order valence-corrected chi connectivity index (χ2v) is 4.88. The molecule has 1 aromatic carbocycles. The fourth-order valence-corrected chi connectivity index (χ4v) is 2.08. The molecule has 0 aliphatic rings. The van der Waals surface area contributed by atoms with E-state index in [9.17, 15) is 0 Å². The van der Waals surface area contributed by atoms with E-state index in [0.29, 0.717) is 0 Å². The SMILES string of the molecule is CCCNCC(=Cc1ccc(-n2cccn2)cc1)CC. The highest BCUT2D eigenvalue weighted by molar-refractivity contribution is 5.55. The predicted octanol–water partition coefficient (Wildman–Crippen LogP) is 3.67. The van der Waals surface area contributed by atoms with Crippen LogP contribution in [0.1, 0.15) is 32.3 Å². The Labute approximate surface area is 121 Å². The predicted molar refractivity (Wildman–Crippen MR) is 85.0 cm³/mol. The van der Waals surface area contributed by atoms with Crippen LogP contribution in [0.3, 0.4) is 0 Å². The zero-order valence-electron chi connectivity index (χ0n) is 12.3. The van der Waals surface area contributed by atoms with Crippen molar-refractivity contribution in [2.45, 2.75) is 26.7 Å². The Balaban J connectivity index is 2.05. The number of rotatable bonds is 7. The number of hydrogen-bond acceptors (Lipinski definition) is 2. The number of nitrogens with one attached hydrogen (secondary N) is 1. The van der Waals surface area contributed by atoms with Crippen molar-refractivity contribution in [3.05, 3.63) is 53.9 Å². The van der Waals surface area contributed by atoms with Crippen LogP contribution in [0, 0.1) is 0 Å². The van der Waals surface area contributed by atoms with E-state index in [1.807, 2.05) is 16.9 Å². The Hall–Kier alpha value is -1.87. The van der Waals surface area contributed by atoms with Gasteiger partial charge in [-0.1, -0.05) is 37.6 Å². The van der Waals surface area contributed by atoms with Crippen LogP contribution in [0.15, 0.2) is 48.3 Å². The maximum absolute atomic E-state index is 4.23. The summed E-state index contributed by atoms with van der Waals surface area (Å²) in [4.78, 5) is 0. The van der Waals surface area contributed by atoms with Crippen molar-refractivity contribution in [2.75, 3.05) is 13.1 Å². The summed E-state index contributed by atoms with van der Waals surface area (Å²) in [5.41, 5.74) is 3.77. The maximum atomic E-state index is 4.23. The molecule has 0 radical (unpaired) electrons. The molecule has 1 heterocycles. The van der Waals surface area contributed by atoms with Crippen LogP contribution < -0.4 is 5.32 Å². The van der Waals surface area contributed by atoms with E-state index in [1.54, 1.807) is 6.20 Å². The van der Waals surface area contributed by atoms with Gasteiger partial charge < -0.3 is 5.32 Å². The second-order valence-electron chi connectivity index (χ2n) is 4.88. The van der Waals surface area contributed by atoms with Gasteiger partial charge in [-0.2, -0.15) is 5.10 Å². The van der Waals surface area contributed by atoms with E-state index in [-0.39, 0.29) is 0 Å². The minimum absolute atomic E-state index is 0.977. The van der Waals surface area contributed by atoms with Gasteiger partial charge in [0, 0.05) is 18.9 Å². The van der Waals surface area contributed by atoms with Gasteiger partial charge in [0.2, 0.25) is 0 Å². The molecule has 0 fully saturated rings. The average Bonchev–Trinajstić information content (AvgIpc) is 3.01. The Kier molecular flexibility index (Phi) is 5.56. The lowest BCUT2D eigenvalue weighted by Gasteiger charge is -2.07. The quantitative estimate of drug-likeness (QED) is 0.777. The Morgan fingerprint density at radius 2 is 2.05 bits per heavy atom. The second kappa shape index (κ2) is 7.65. The third kappa shape index (κ3) is 4.07. The molecule has 0 atom stereocenters. The maximum Gasteiger partial charge on any atom is 0.0645 e. The summed E-state index contributed by atoms with van der Waals surface area (Å²) in [5, 5.41) is 7.69. The van der Waals surface area contributed by atoms with Crippen LogP contribution >= 0.6 is 0 Å². The molecule has 3 nitrogen and oxygen atoms in total. The van der Waals surface area contributed by atoms with Crippen molar-refractivity contribution < 1.29 is 0 Å². The molecule has 0 unspecified atom stereocenters. The van der Waals surface area contributed by atoms with Crippen LogP contribution in [-0.4, -0.2) is 22.9 Å². The van der Waals surface area contributed by atoms with Crippen molar-refractivity contribution in [3.63, 3.8) is 0 Å². The van der Waals surface area contributed by atoms with Gasteiger partial charge in [-0.15, -0.1) is 0 Å². The molecule has 0 aliphatic heterocycles. The fraction of sp³-hybridized carbons (Fsp3) is 0.353. The zero-order chi connectivity index (χ0) is 14.2. The van der Waals surface area contributed by atoms with Gasteiger partial charge in [-0.05, 0) is 43.1 Å². The highest BCUT2D eigenvalue weighted by Crippen LogP contribution is 2.13. The first-order chi connectivity index (χ1) is 9.83. The van der Waals surface area contributed by atoms with E-state index >= 15 is 0 Å². The summed E-state index contributed by atoms with van der Waals surface area (Å²) >= 11 is 0. The Morgan fingerprint density at radius 1 is 1.25 bits per heavy atom. The van der Waals surface area contributed by atoms with Gasteiger partial charge in [0.1, 0.15) is 0 Å². The van der Waals surface area contributed by atoms with Crippen molar-refractivity contribution in [1.29, 1.82) is 0 Å². The first-order valence-corrected chi connectivity index (χ1v) is 7.33. The summed E-state index contributed by atoms with van der Waals surface area (Å²) < 4.78 is 1.87. The normalized spacial score (nSPS) is 11.8. The smallest absolute Gasteiger partial charge is 0.0645 e. The molecule has 2 aromatic rings. The standard InChI is InChI=1S/C17H23N3/c1-3-10-18-14-15(4-2)13-16-6-8-17(9-7-16)20-12-5-11-19-20/h5-9,11-13,18H,3-4,10,14H2,1-2H3. The highest BCUT2D eigenvalue weighted by Gasteiger charge is 1.98. The fourth-order valence-electron chi connectivity index (χ4n) is 2.08. The molecular formula is C17H23N3. The van der Waals surface area contributed by atoms with Gasteiger partial charge in [-0.25, -0.2) is 4.68 Å². The van der Waals surface area contributed by atoms with Gasteiger partial charge in [0.15, 0.2) is 0 Å². The molecule has 0 saturated carbocycles. The number of benzene rings is 1. The van der Waals surface area contributed by atoms with E-state index < -0.39 is 0 Å². The highest BCUT2D eigenvalue weighted by atomic mass is 15.3. The topological polar surface area (TPSA) is 29.9 Å². The molecule has 2 rings (SSSR count). The van der Waals surface area contributed by atoms with Crippen molar-refractivity contribution >= 4 is 6.08 Å². The summed E-state index contributed by atoms with van der Waals surface area (Å²) in [6.45, 7) is 6.45. The van der Waals surface area contributed by atoms with Crippen molar-refractivity contribution in [3.8, 4) is 5.69 Å². The molecule has 106 valence electrons. The van der Waals surface area contributed by atoms with Crippen LogP contribution in [0.4, 0.5) is 0 Å². The van der Waals surface area contributed by atoms with E-state index in [1.165, 1.54) is 17.6 Å². The summed E-state index contributed by atoms with van der Waals surface area (Å²) in [7, 11) is 0. The minimum atomic E-state index is 0.977. The van der Waals surface area contributed by atoms with Crippen LogP contribution in [0.25, 0.3) is 11.8 Å². The molecule has 0 aliphatic carbocycles. The molecule has 0 spiro atoms. The number of hydrogen-bond donors (Lipinski definition) is 1. The third-order valence-electron chi connectivity index (χ3n) is 3.27. The lowest BCUT2D eigenvalue weighted by atomic mass is 10.1. The molecular weight excluding hydrogens is 246 g/mol. The molecule has 20 heavy (non-hydrogen) atoms. The zero-order valence-corrected chi connectivity index (χ0v) is 12.3. The van der Waals surface area contributed by atoms with Crippen molar-refractivity contribution in [1.82, 2.24) is 15.1 Å². The van der Waals surface area contributed by atoms with Crippen LogP contribution in [0.5, 0.6) is 0 Å². The minimum Gasteiger partial charge on any atom is -0.313 e.